The molecule has 0 saturated carbocycles. The molecule has 0 fully saturated rings. The van der Waals surface area contributed by atoms with E-state index in [1.165, 1.54) is 5.56 Å². The highest BCUT2D eigenvalue weighted by molar-refractivity contribution is 6.26. The first-order valence-corrected chi connectivity index (χ1v) is 11.7. The minimum atomic E-state index is -1.24. The quantitative estimate of drug-likeness (QED) is 0.253. The van der Waals surface area contributed by atoms with Gasteiger partial charge in [-0.25, -0.2) is 0 Å². The van der Waals surface area contributed by atoms with Gasteiger partial charge < -0.3 is 9.52 Å². The molecule has 0 amide bonds. The van der Waals surface area contributed by atoms with Gasteiger partial charge in [0.25, 0.3) is 11.1 Å². The molecule has 0 bridgehead atoms. The lowest BCUT2D eigenvalue weighted by atomic mass is 9.86. The second-order valence-electron chi connectivity index (χ2n) is 10.3. The molecule has 36 heavy (non-hydrogen) atoms. The lowest BCUT2D eigenvalue weighted by Gasteiger charge is -2.19. The highest BCUT2D eigenvalue weighted by Crippen LogP contribution is 2.38. The van der Waals surface area contributed by atoms with Gasteiger partial charge in [-0.05, 0) is 57.8 Å². The maximum Gasteiger partial charge on any atom is 0.323 e. The summed E-state index contributed by atoms with van der Waals surface area (Å²) in [4.78, 5) is 37.4. The van der Waals surface area contributed by atoms with Gasteiger partial charge in [-0.3, -0.25) is 19.0 Å². The van der Waals surface area contributed by atoms with Crippen molar-refractivity contribution in [3.63, 3.8) is 0 Å². The number of carboxylic acids is 1. The zero-order valence-electron chi connectivity index (χ0n) is 20.1. The fourth-order valence-corrected chi connectivity index (χ4v) is 5.08. The second-order valence-corrected chi connectivity index (χ2v) is 10.3. The van der Waals surface area contributed by atoms with Gasteiger partial charge in [0.05, 0.1) is 0 Å². The third-order valence-corrected chi connectivity index (χ3v) is 6.94. The standard InChI is InChI=1S/C30H23NO5/c1-30(2,3)18-7-4-16(5-8-18)17-6-12-23-22(14-17)19-9-10-20-26-21(11-13-24(36-23)27(19)26)29(35)31(28(20)34)15-25(32)33/h4-14H,15H2,1-3H3,(H,32,33). The van der Waals surface area contributed by atoms with Gasteiger partial charge in [0.1, 0.15) is 17.7 Å². The van der Waals surface area contributed by atoms with Crippen molar-refractivity contribution < 1.29 is 14.3 Å². The number of carbonyl (C=O) groups is 1. The van der Waals surface area contributed by atoms with Gasteiger partial charge in [0.15, 0.2) is 0 Å². The van der Waals surface area contributed by atoms with Crippen LogP contribution in [-0.4, -0.2) is 15.6 Å². The Labute approximate surface area is 205 Å². The number of hydrogen-bond donors (Lipinski definition) is 1. The number of hydrogen-bond acceptors (Lipinski definition) is 4. The van der Waals surface area contributed by atoms with Crippen molar-refractivity contribution in [3.8, 4) is 11.1 Å². The van der Waals surface area contributed by atoms with E-state index in [0.717, 1.165) is 26.5 Å². The van der Waals surface area contributed by atoms with E-state index in [1.807, 2.05) is 18.2 Å². The maximum absolute atomic E-state index is 13.1. The summed E-state index contributed by atoms with van der Waals surface area (Å²) >= 11 is 0. The van der Waals surface area contributed by atoms with Gasteiger partial charge in [0.2, 0.25) is 0 Å². The summed E-state index contributed by atoms with van der Waals surface area (Å²) in [6.45, 7) is 5.87. The number of nitrogens with zero attached hydrogens (tertiary/aromatic N) is 1. The van der Waals surface area contributed by atoms with Crippen LogP contribution in [0.2, 0.25) is 0 Å². The van der Waals surface area contributed by atoms with Crippen LogP contribution in [-0.2, 0) is 16.8 Å². The Morgan fingerprint density at radius 3 is 1.97 bits per heavy atom. The summed E-state index contributed by atoms with van der Waals surface area (Å²) in [7, 11) is 0. The van der Waals surface area contributed by atoms with E-state index in [4.69, 9.17) is 4.42 Å². The molecule has 6 nitrogen and oxygen atoms in total. The van der Waals surface area contributed by atoms with Crippen LogP contribution in [0.4, 0.5) is 0 Å². The molecule has 1 N–H and O–H groups in total. The van der Waals surface area contributed by atoms with Crippen LogP contribution < -0.4 is 11.1 Å². The van der Waals surface area contributed by atoms with Gasteiger partial charge >= 0.3 is 5.97 Å². The molecule has 4 aromatic carbocycles. The van der Waals surface area contributed by atoms with Crippen LogP contribution in [0.15, 0.2) is 80.7 Å². The van der Waals surface area contributed by atoms with Crippen LogP contribution in [0.3, 0.4) is 0 Å². The van der Waals surface area contributed by atoms with Gasteiger partial charge in [-0.15, -0.1) is 0 Å². The normalized spacial score (nSPS) is 12.3. The minimum Gasteiger partial charge on any atom is -0.480 e. The van der Waals surface area contributed by atoms with Crippen molar-refractivity contribution >= 4 is 49.5 Å². The second kappa shape index (κ2) is 7.52. The number of benzene rings is 4. The third kappa shape index (κ3) is 3.22. The fraction of sp³-hybridized carbons (Fsp3) is 0.167. The first-order valence-electron chi connectivity index (χ1n) is 11.7. The van der Waals surface area contributed by atoms with E-state index in [1.54, 1.807) is 18.2 Å². The summed E-state index contributed by atoms with van der Waals surface area (Å²) in [5.74, 6) is -1.24. The first kappa shape index (κ1) is 22.0. The molecule has 0 aliphatic carbocycles. The van der Waals surface area contributed by atoms with Gasteiger partial charge in [-0.1, -0.05) is 57.2 Å². The van der Waals surface area contributed by atoms with Crippen molar-refractivity contribution in [3.05, 3.63) is 93.0 Å². The van der Waals surface area contributed by atoms with Gasteiger partial charge in [-0.2, -0.15) is 0 Å². The SMILES string of the molecule is CC(C)(C)c1ccc(-c2ccc3oc4ccc5c(=O)n(CC(=O)O)c(=O)c6ccc(c3c2)c4c56)cc1. The predicted molar refractivity (Wildman–Crippen MR) is 142 cm³/mol. The molecule has 2 aromatic heterocycles. The van der Waals surface area contributed by atoms with Crippen LogP contribution in [0.25, 0.3) is 54.6 Å². The third-order valence-electron chi connectivity index (χ3n) is 6.94. The predicted octanol–water partition coefficient (Wildman–Crippen LogP) is 5.90. The molecule has 0 unspecified atom stereocenters. The molecule has 2 heterocycles. The van der Waals surface area contributed by atoms with E-state index in [9.17, 15) is 19.5 Å². The zero-order valence-corrected chi connectivity index (χ0v) is 20.1. The highest BCUT2D eigenvalue weighted by Gasteiger charge is 2.20. The van der Waals surface area contributed by atoms with Crippen LogP contribution >= 0.6 is 0 Å². The lowest BCUT2D eigenvalue weighted by molar-refractivity contribution is -0.137. The summed E-state index contributed by atoms with van der Waals surface area (Å²) < 4.78 is 6.99. The zero-order chi connectivity index (χ0) is 25.4. The van der Waals surface area contributed by atoms with Crippen LogP contribution in [0, 0.1) is 0 Å². The maximum atomic E-state index is 13.1. The number of rotatable bonds is 3. The van der Waals surface area contributed by atoms with Crippen molar-refractivity contribution in [2.45, 2.75) is 32.7 Å². The molecule has 6 heteroatoms. The molecule has 178 valence electrons. The molecular formula is C30H23NO5. The Bertz CT molecular complexity index is 1920. The number of carboxylic acid groups (broad SMARTS) is 1. The molecule has 0 radical (unpaired) electrons. The molecule has 6 rings (SSSR count). The Morgan fingerprint density at radius 1 is 0.750 bits per heavy atom. The van der Waals surface area contributed by atoms with E-state index in [0.29, 0.717) is 32.7 Å². The molecule has 0 saturated heterocycles. The van der Waals surface area contributed by atoms with E-state index < -0.39 is 23.6 Å². The molecule has 0 spiro atoms. The summed E-state index contributed by atoms with van der Waals surface area (Å²) in [5.41, 5.74) is 3.46. The Morgan fingerprint density at radius 2 is 1.33 bits per heavy atom. The average Bonchev–Trinajstić information content (AvgIpc) is 2.85. The van der Waals surface area contributed by atoms with Crippen LogP contribution in [0.1, 0.15) is 26.3 Å². The largest absolute Gasteiger partial charge is 0.480 e. The van der Waals surface area contributed by atoms with Crippen molar-refractivity contribution in [2.75, 3.05) is 0 Å². The molecule has 0 aliphatic heterocycles. The Hall–Kier alpha value is -4.45. The van der Waals surface area contributed by atoms with Crippen molar-refractivity contribution in [1.29, 1.82) is 0 Å². The van der Waals surface area contributed by atoms with E-state index >= 15 is 0 Å². The smallest absolute Gasteiger partial charge is 0.323 e. The minimum absolute atomic E-state index is 0.0664. The van der Waals surface area contributed by atoms with E-state index in [-0.39, 0.29) is 5.41 Å². The summed E-state index contributed by atoms with van der Waals surface area (Å²) in [6.07, 6.45) is 0. The van der Waals surface area contributed by atoms with Crippen molar-refractivity contribution in [2.24, 2.45) is 0 Å². The monoisotopic (exact) mass is 477 g/mol. The lowest BCUT2D eigenvalue weighted by Crippen LogP contribution is -2.35. The van der Waals surface area contributed by atoms with Crippen molar-refractivity contribution in [1.82, 2.24) is 4.57 Å². The first-order chi connectivity index (χ1) is 17.1. The molecule has 0 atom stereocenters. The Balaban J connectivity index is 1.64. The molecular weight excluding hydrogens is 454 g/mol. The van der Waals surface area contributed by atoms with Gasteiger partial charge in [0, 0.05) is 26.9 Å². The molecule has 0 aliphatic rings. The van der Waals surface area contributed by atoms with E-state index in [2.05, 4.69) is 51.1 Å². The number of pyridine rings is 1. The molecule has 6 aromatic rings. The van der Waals surface area contributed by atoms with Crippen LogP contribution in [0.5, 0.6) is 0 Å². The average molecular weight is 478 g/mol. The number of fused-ring (bicyclic) bond motifs is 2. The number of aromatic nitrogens is 1. The fourth-order valence-electron chi connectivity index (χ4n) is 5.08. The Kier molecular flexibility index (Phi) is 4.61. The summed E-state index contributed by atoms with van der Waals surface area (Å²) in [6, 6.07) is 21.4. The number of aliphatic carboxylic acids is 1. The topological polar surface area (TPSA) is 89.5 Å². The summed E-state index contributed by atoms with van der Waals surface area (Å²) in [5, 5.41) is 12.7. The highest BCUT2D eigenvalue weighted by atomic mass is 16.4.